The zero-order valence-corrected chi connectivity index (χ0v) is 13.2. The molecule has 0 bridgehead atoms. The Morgan fingerprint density at radius 2 is 1.95 bits per heavy atom. The van der Waals surface area contributed by atoms with Crippen molar-refractivity contribution < 1.29 is 4.74 Å². The van der Waals surface area contributed by atoms with Gasteiger partial charge in [-0.1, -0.05) is 31.9 Å². The summed E-state index contributed by atoms with van der Waals surface area (Å²) in [6.07, 6.45) is 6.77. The number of nitriles is 1. The van der Waals surface area contributed by atoms with Gasteiger partial charge in [0, 0.05) is 12.6 Å². The van der Waals surface area contributed by atoms with E-state index in [4.69, 9.17) is 10.00 Å². The van der Waals surface area contributed by atoms with Gasteiger partial charge in [-0.15, -0.1) is 0 Å². The van der Waals surface area contributed by atoms with Crippen LogP contribution in [0.15, 0.2) is 24.3 Å². The molecule has 1 fully saturated rings. The largest absolute Gasteiger partial charge is 0.479 e. The van der Waals surface area contributed by atoms with Crippen LogP contribution in [0.4, 0.5) is 0 Å². The topological polar surface area (TPSA) is 45.0 Å². The molecule has 1 N–H and O–H groups in total. The zero-order chi connectivity index (χ0) is 15.1. The second-order valence-electron chi connectivity index (χ2n) is 6.18. The van der Waals surface area contributed by atoms with Crippen LogP contribution in [0.2, 0.25) is 0 Å². The first-order chi connectivity index (χ1) is 10.2. The van der Waals surface area contributed by atoms with E-state index < -0.39 is 0 Å². The average molecular weight is 286 g/mol. The van der Waals surface area contributed by atoms with Crippen molar-refractivity contribution in [2.45, 2.75) is 52.0 Å². The van der Waals surface area contributed by atoms with Gasteiger partial charge in [0.05, 0.1) is 0 Å². The van der Waals surface area contributed by atoms with Gasteiger partial charge in [0.2, 0.25) is 0 Å². The predicted molar refractivity (Wildman–Crippen MR) is 85.2 cm³/mol. The van der Waals surface area contributed by atoms with E-state index in [1.165, 1.54) is 37.7 Å². The second kappa shape index (κ2) is 7.47. The molecule has 2 rings (SSSR count). The molecule has 1 aliphatic rings. The van der Waals surface area contributed by atoms with Crippen molar-refractivity contribution in [3.63, 3.8) is 0 Å². The summed E-state index contributed by atoms with van der Waals surface area (Å²) in [6.45, 7) is 5.74. The van der Waals surface area contributed by atoms with E-state index in [0.29, 0.717) is 11.5 Å². The number of rotatable bonds is 7. The summed E-state index contributed by atoms with van der Waals surface area (Å²) < 4.78 is 5.28. The highest BCUT2D eigenvalue weighted by Crippen LogP contribution is 2.40. The average Bonchev–Trinajstić information content (AvgIpc) is 3.00. The first kappa shape index (κ1) is 15.9. The number of hydrogen-bond acceptors (Lipinski definition) is 3. The molecule has 114 valence electrons. The molecule has 1 atom stereocenters. The Kier molecular flexibility index (Phi) is 5.64. The summed E-state index contributed by atoms with van der Waals surface area (Å²) in [5.74, 6) is 0.758. The van der Waals surface area contributed by atoms with Gasteiger partial charge >= 0.3 is 0 Å². The molecule has 1 saturated carbocycles. The molecule has 21 heavy (non-hydrogen) atoms. The van der Waals surface area contributed by atoms with Crippen molar-refractivity contribution in [2.24, 2.45) is 5.41 Å². The van der Waals surface area contributed by atoms with E-state index in [1.807, 2.05) is 18.2 Å². The van der Waals surface area contributed by atoms with Crippen LogP contribution >= 0.6 is 0 Å². The molecule has 0 aliphatic heterocycles. The lowest BCUT2D eigenvalue weighted by molar-refractivity contribution is 0.259. The van der Waals surface area contributed by atoms with Crippen molar-refractivity contribution in [3.05, 3.63) is 29.8 Å². The van der Waals surface area contributed by atoms with Crippen LogP contribution in [0.3, 0.4) is 0 Å². The number of ether oxygens (including phenoxy) is 1. The van der Waals surface area contributed by atoms with Crippen LogP contribution in [0.5, 0.6) is 5.75 Å². The maximum Gasteiger partial charge on any atom is 0.174 e. The minimum absolute atomic E-state index is 0.103. The summed E-state index contributed by atoms with van der Waals surface area (Å²) in [5.41, 5.74) is 1.79. The van der Waals surface area contributed by atoms with E-state index in [0.717, 1.165) is 12.3 Å². The van der Waals surface area contributed by atoms with Gasteiger partial charge in [-0.3, -0.25) is 0 Å². The molecule has 1 aromatic carbocycles. The van der Waals surface area contributed by atoms with E-state index in [2.05, 4.69) is 31.3 Å². The molecule has 3 nitrogen and oxygen atoms in total. The molecule has 1 aliphatic carbocycles. The molecular weight excluding hydrogens is 260 g/mol. The summed E-state index contributed by atoms with van der Waals surface area (Å²) in [7, 11) is 0. The maximum atomic E-state index is 8.51. The molecule has 0 saturated heterocycles. The fourth-order valence-corrected chi connectivity index (χ4v) is 3.24. The fourth-order valence-electron chi connectivity index (χ4n) is 3.24. The van der Waals surface area contributed by atoms with Gasteiger partial charge in [-0.25, -0.2) is 0 Å². The lowest BCUT2D eigenvalue weighted by atomic mass is 9.83. The van der Waals surface area contributed by atoms with E-state index in [-0.39, 0.29) is 6.61 Å². The van der Waals surface area contributed by atoms with Crippen molar-refractivity contribution in [1.82, 2.24) is 5.32 Å². The molecule has 0 radical (unpaired) electrons. The Labute approximate surface area is 128 Å². The quantitative estimate of drug-likeness (QED) is 0.816. The first-order valence-corrected chi connectivity index (χ1v) is 8.02. The molecule has 0 spiro atoms. The summed E-state index contributed by atoms with van der Waals surface area (Å²) in [4.78, 5) is 0. The van der Waals surface area contributed by atoms with Crippen molar-refractivity contribution in [1.29, 1.82) is 5.26 Å². The summed E-state index contributed by atoms with van der Waals surface area (Å²) >= 11 is 0. The normalized spacial score (nSPS) is 18.1. The highest BCUT2D eigenvalue weighted by atomic mass is 16.5. The predicted octanol–water partition coefficient (Wildman–Crippen LogP) is 4.21. The third kappa shape index (κ3) is 4.22. The van der Waals surface area contributed by atoms with Crippen molar-refractivity contribution >= 4 is 0 Å². The smallest absolute Gasteiger partial charge is 0.174 e. The number of nitrogens with zero attached hydrogens (tertiary/aromatic N) is 1. The minimum Gasteiger partial charge on any atom is -0.479 e. The van der Waals surface area contributed by atoms with E-state index in [9.17, 15) is 0 Å². The van der Waals surface area contributed by atoms with Crippen LogP contribution in [-0.2, 0) is 0 Å². The van der Waals surface area contributed by atoms with Gasteiger partial charge in [0.15, 0.2) is 6.61 Å². The molecule has 0 aromatic heterocycles. The third-order valence-corrected chi connectivity index (χ3v) is 4.88. The zero-order valence-electron chi connectivity index (χ0n) is 13.2. The maximum absolute atomic E-state index is 8.51. The monoisotopic (exact) mass is 286 g/mol. The highest BCUT2D eigenvalue weighted by molar-refractivity contribution is 5.29. The van der Waals surface area contributed by atoms with E-state index in [1.54, 1.807) is 0 Å². The molecule has 0 heterocycles. The molecule has 1 unspecified atom stereocenters. The fraction of sp³-hybridized carbons (Fsp3) is 0.611. The van der Waals surface area contributed by atoms with Crippen LogP contribution in [0.1, 0.15) is 57.6 Å². The number of hydrogen-bond donors (Lipinski definition) is 1. The van der Waals surface area contributed by atoms with Crippen LogP contribution in [-0.4, -0.2) is 13.2 Å². The molecule has 3 heteroatoms. The van der Waals surface area contributed by atoms with Crippen LogP contribution in [0.25, 0.3) is 0 Å². The molecule has 1 aromatic rings. The Morgan fingerprint density at radius 1 is 1.29 bits per heavy atom. The van der Waals surface area contributed by atoms with Gasteiger partial charge in [-0.05, 0) is 49.3 Å². The lowest BCUT2D eigenvalue weighted by Crippen LogP contribution is -2.33. The number of benzene rings is 1. The minimum atomic E-state index is 0.103. The Morgan fingerprint density at radius 3 is 2.52 bits per heavy atom. The van der Waals surface area contributed by atoms with E-state index >= 15 is 0 Å². The Bertz CT molecular complexity index is 469. The van der Waals surface area contributed by atoms with Gasteiger partial charge in [-0.2, -0.15) is 5.26 Å². The van der Waals surface area contributed by atoms with Crippen molar-refractivity contribution in [3.8, 4) is 11.8 Å². The number of nitrogens with one attached hydrogen (secondary N) is 1. The Hall–Kier alpha value is -1.53. The Balaban J connectivity index is 1.88. The van der Waals surface area contributed by atoms with Crippen LogP contribution < -0.4 is 10.1 Å². The lowest BCUT2D eigenvalue weighted by Gasteiger charge is -2.30. The SMILES string of the molecule is CCC1(CNC(C)c2ccc(OCC#N)cc2)CCCC1. The second-order valence-corrected chi connectivity index (χ2v) is 6.18. The van der Waals surface area contributed by atoms with Gasteiger partial charge in [0.25, 0.3) is 0 Å². The third-order valence-electron chi connectivity index (χ3n) is 4.88. The van der Waals surface area contributed by atoms with Gasteiger partial charge in [0.1, 0.15) is 11.8 Å². The summed E-state index contributed by atoms with van der Waals surface area (Å²) in [6, 6.07) is 10.4. The standard InChI is InChI=1S/C18H26N2O/c1-3-18(10-4-5-11-18)14-20-15(2)16-6-8-17(9-7-16)21-13-12-19/h6-9,15,20H,3-5,10-11,13-14H2,1-2H3. The summed E-state index contributed by atoms with van der Waals surface area (Å²) in [5, 5.41) is 12.2. The molecule has 0 amide bonds. The first-order valence-electron chi connectivity index (χ1n) is 8.02. The van der Waals surface area contributed by atoms with Crippen LogP contribution in [0, 0.1) is 16.7 Å². The highest BCUT2D eigenvalue weighted by Gasteiger charge is 2.31. The van der Waals surface area contributed by atoms with Crippen molar-refractivity contribution in [2.75, 3.05) is 13.2 Å². The molecular formula is C18H26N2O. The van der Waals surface area contributed by atoms with Gasteiger partial charge < -0.3 is 10.1 Å².